The number of hydrogen-bond acceptors (Lipinski definition) is 8. The van der Waals surface area contributed by atoms with Gasteiger partial charge in [0, 0.05) is 35.8 Å². The van der Waals surface area contributed by atoms with Crippen LogP contribution in [0.5, 0.6) is 5.75 Å². The third-order valence-electron chi connectivity index (χ3n) is 7.26. The van der Waals surface area contributed by atoms with Crippen LogP contribution in [0.15, 0.2) is 36.4 Å². The second kappa shape index (κ2) is 8.12. The van der Waals surface area contributed by atoms with Crippen molar-refractivity contribution in [3.8, 4) is 5.75 Å². The fourth-order valence-electron chi connectivity index (χ4n) is 5.75. The van der Waals surface area contributed by atoms with Crippen molar-refractivity contribution in [3.63, 3.8) is 0 Å². The first-order valence-electron chi connectivity index (χ1n) is 11.3. The Morgan fingerprint density at radius 3 is 2.61 bits per heavy atom. The average molecular weight is 493 g/mol. The Morgan fingerprint density at radius 1 is 1.22 bits per heavy atom. The number of carbonyl (C=O) groups excluding carboxylic acids is 4. The summed E-state index contributed by atoms with van der Waals surface area (Å²) in [5, 5.41) is 17.5. The van der Waals surface area contributed by atoms with E-state index in [0.717, 1.165) is 4.90 Å². The topological polar surface area (TPSA) is 174 Å². The molecular formula is C24H23N5O7. The molecule has 4 atom stereocenters. The van der Waals surface area contributed by atoms with Crippen LogP contribution in [-0.4, -0.2) is 41.7 Å². The second-order valence-electron chi connectivity index (χ2n) is 9.15. The number of fused-ring (bicyclic) bond motifs is 4. The van der Waals surface area contributed by atoms with Crippen LogP contribution in [-0.2, 0) is 24.7 Å². The molecule has 186 valence electrons. The number of nitro benzene ring substituents is 1. The zero-order valence-electron chi connectivity index (χ0n) is 19.4. The molecule has 0 radical (unpaired) electrons. The van der Waals surface area contributed by atoms with E-state index in [-0.39, 0.29) is 30.0 Å². The van der Waals surface area contributed by atoms with E-state index in [4.69, 9.17) is 10.5 Å². The Labute approximate surface area is 204 Å². The molecule has 5 rings (SSSR count). The summed E-state index contributed by atoms with van der Waals surface area (Å²) in [7, 11) is 1.25. The SMILES string of the molecule is COc1cc(N2C(=O)[C@@H]3[C@H](CCC(N)=O)N[C@]4(C(=O)Nc5ccccc54)[C@H]3C2=O)c(C)cc1[N+](=O)[O-]. The number of methoxy groups -OCH3 is 1. The van der Waals surface area contributed by atoms with Crippen LogP contribution in [0.4, 0.5) is 17.1 Å². The normalized spacial score (nSPS) is 26.2. The van der Waals surface area contributed by atoms with Crippen molar-refractivity contribution in [2.75, 3.05) is 17.3 Å². The highest BCUT2D eigenvalue weighted by molar-refractivity contribution is 6.26. The molecular weight excluding hydrogens is 470 g/mol. The molecule has 2 aromatic rings. The van der Waals surface area contributed by atoms with Gasteiger partial charge in [0.25, 0.3) is 0 Å². The van der Waals surface area contributed by atoms with E-state index in [0.29, 0.717) is 16.8 Å². The highest BCUT2D eigenvalue weighted by atomic mass is 16.6. The number of nitrogens with one attached hydrogen (secondary N) is 2. The van der Waals surface area contributed by atoms with Gasteiger partial charge in [-0.25, -0.2) is 4.90 Å². The summed E-state index contributed by atoms with van der Waals surface area (Å²) in [4.78, 5) is 64.6. The standard InChI is InChI=1S/C24H23N5O7/c1-11-9-16(29(34)35)17(36-2)10-15(11)28-21(31)19-14(7-8-18(25)30)27-24(20(19)22(28)32)12-5-3-4-6-13(12)26-23(24)33/h3-6,9-10,14,19-20,27H,7-8H2,1-2H3,(H2,25,30)(H,26,33)/t14-,19+,20+,24-/m0/s1. The molecule has 12 nitrogen and oxygen atoms in total. The number of nitro groups is 1. The molecule has 2 fully saturated rings. The molecule has 1 spiro atoms. The Hall–Kier alpha value is -4.32. The van der Waals surface area contributed by atoms with Crippen LogP contribution in [0.1, 0.15) is 24.0 Å². The van der Waals surface area contributed by atoms with Gasteiger partial charge in [-0.3, -0.25) is 34.6 Å². The van der Waals surface area contributed by atoms with Crippen molar-refractivity contribution < 1.29 is 28.8 Å². The number of carbonyl (C=O) groups is 4. The van der Waals surface area contributed by atoms with Gasteiger partial charge in [0.05, 0.1) is 29.6 Å². The molecule has 4 amide bonds. The van der Waals surface area contributed by atoms with Crippen molar-refractivity contribution in [2.24, 2.45) is 17.6 Å². The number of anilines is 2. The first-order valence-corrected chi connectivity index (χ1v) is 11.3. The van der Waals surface area contributed by atoms with Gasteiger partial charge in [-0.05, 0) is 25.0 Å². The molecule has 0 bridgehead atoms. The number of rotatable bonds is 6. The summed E-state index contributed by atoms with van der Waals surface area (Å²) in [6, 6.07) is 8.73. The van der Waals surface area contributed by atoms with Gasteiger partial charge in [0.15, 0.2) is 5.75 Å². The summed E-state index contributed by atoms with van der Waals surface area (Å²) in [5.41, 5.74) is 5.03. The zero-order chi connectivity index (χ0) is 25.9. The van der Waals surface area contributed by atoms with Crippen LogP contribution in [0.2, 0.25) is 0 Å². The van der Waals surface area contributed by atoms with Gasteiger partial charge in [-0.2, -0.15) is 0 Å². The zero-order valence-corrected chi connectivity index (χ0v) is 19.4. The predicted octanol–water partition coefficient (Wildman–Crippen LogP) is 1.10. The van der Waals surface area contributed by atoms with Crippen molar-refractivity contribution in [2.45, 2.75) is 31.3 Å². The number of nitrogens with two attached hydrogens (primary N) is 1. The number of amides is 4. The number of ether oxygens (including phenoxy) is 1. The van der Waals surface area contributed by atoms with E-state index >= 15 is 0 Å². The number of para-hydroxylation sites is 1. The lowest BCUT2D eigenvalue weighted by atomic mass is 9.76. The summed E-state index contributed by atoms with van der Waals surface area (Å²) in [5.74, 6) is -4.41. The Bertz CT molecular complexity index is 1360. The molecule has 4 N–H and O–H groups in total. The minimum atomic E-state index is -1.52. The maximum Gasteiger partial charge on any atom is 0.311 e. The molecule has 36 heavy (non-hydrogen) atoms. The van der Waals surface area contributed by atoms with Gasteiger partial charge >= 0.3 is 5.69 Å². The molecule has 2 saturated heterocycles. The van der Waals surface area contributed by atoms with Crippen molar-refractivity contribution in [3.05, 3.63) is 57.6 Å². The summed E-state index contributed by atoms with van der Waals surface area (Å²) < 4.78 is 5.15. The molecule has 3 aliphatic rings. The van der Waals surface area contributed by atoms with E-state index in [1.54, 1.807) is 31.2 Å². The fraction of sp³-hybridized carbons (Fsp3) is 0.333. The van der Waals surface area contributed by atoms with E-state index in [1.807, 2.05) is 0 Å². The van der Waals surface area contributed by atoms with Crippen LogP contribution in [0, 0.1) is 28.9 Å². The molecule has 0 saturated carbocycles. The minimum Gasteiger partial charge on any atom is -0.490 e. The lowest BCUT2D eigenvalue weighted by Gasteiger charge is -2.29. The number of imide groups is 1. The molecule has 3 aliphatic heterocycles. The minimum absolute atomic E-state index is 0.0495. The summed E-state index contributed by atoms with van der Waals surface area (Å²) >= 11 is 0. The number of nitrogens with zero attached hydrogens (tertiary/aromatic N) is 2. The molecule has 0 unspecified atom stereocenters. The van der Waals surface area contributed by atoms with E-state index in [1.165, 1.54) is 19.2 Å². The first-order chi connectivity index (χ1) is 17.1. The molecule has 2 aromatic carbocycles. The maximum atomic E-state index is 14.0. The van der Waals surface area contributed by atoms with Crippen molar-refractivity contribution in [1.29, 1.82) is 0 Å². The first kappa shape index (κ1) is 23.4. The van der Waals surface area contributed by atoms with Crippen LogP contribution < -0.4 is 26.0 Å². The molecule has 12 heteroatoms. The molecule has 0 aromatic heterocycles. The highest BCUT2D eigenvalue weighted by Crippen LogP contribution is 2.54. The Kier molecular flexibility index (Phi) is 5.29. The third kappa shape index (κ3) is 3.10. The van der Waals surface area contributed by atoms with Gasteiger partial charge in [0.2, 0.25) is 23.6 Å². The van der Waals surface area contributed by atoms with Gasteiger partial charge in [-0.1, -0.05) is 18.2 Å². The monoisotopic (exact) mass is 493 g/mol. The van der Waals surface area contributed by atoms with Gasteiger partial charge < -0.3 is 15.8 Å². The number of benzene rings is 2. The predicted molar refractivity (Wildman–Crippen MR) is 126 cm³/mol. The second-order valence-corrected chi connectivity index (χ2v) is 9.15. The average Bonchev–Trinajstić information content (AvgIpc) is 3.42. The Balaban J connectivity index is 1.66. The Morgan fingerprint density at radius 2 is 1.94 bits per heavy atom. The van der Waals surface area contributed by atoms with Crippen molar-refractivity contribution >= 4 is 40.7 Å². The van der Waals surface area contributed by atoms with E-state index in [2.05, 4.69) is 10.6 Å². The lowest BCUT2D eigenvalue weighted by molar-refractivity contribution is -0.385. The number of aryl methyl sites for hydroxylation is 1. The van der Waals surface area contributed by atoms with E-state index < -0.39 is 52.0 Å². The third-order valence-corrected chi connectivity index (χ3v) is 7.26. The fourth-order valence-corrected chi connectivity index (χ4v) is 5.75. The largest absolute Gasteiger partial charge is 0.490 e. The smallest absolute Gasteiger partial charge is 0.311 e. The quantitative estimate of drug-likeness (QED) is 0.305. The van der Waals surface area contributed by atoms with Gasteiger partial charge in [0.1, 0.15) is 5.54 Å². The van der Waals surface area contributed by atoms with Crippen LogP contribution in [0.25, 0.3) is 0 Å². The van der Waals surface area contributed by atoms with Gasteiger partial charge in [-0.15, -0.1) is 0 Å². The highest BCUT2D eigenvalue weighted by Gasteiger charge is 2.70. The lowest BCUT2D eigenvalue weighted by Crippen LogP contribution is -2.53. The number of hydrogen-bond donors (Lipinski definition) is 3. The summed E-state index contributed by atoms with van der Waals surface area (Å²) in [6.07, 6.45) is 0.0925. The van der Waals surface area contributed by atoms with E-state index in [9.17, 15) is 29.3 Å². The maximum absolute atomic E-state index is 14.0. The van der Waals surface area contributed by atoms with Crippen LogP contribution >= 0.6 is 0 Å². The summed E-state index contributed by atoms with van der Waals surface area (Å²) in [6.45, 7) is 1.55. The van der Waals surface area contributed by atoms with Crippen molar-refractivity contribution in [1.82, 2.24) is 5.32 Å². The van der Waals surface area contributed by atoms with Crippen LogP contribution in [0.3, 0.4) is 0 Å². The number of primary amides is 1. The molecule has 3 heterocycles. The molecule has 0 aliphatic carbocycles.